The van der Waals surface area contributed by atoms with Gasteiger partial charge in [0.15, 0.2) is 0 Å². The number of halogens is 1. The number of aliphatic carboxylic acids is 1. The molecule has 4 heteroatoms. The van der Waals surface area contributed by atoms with E-state index in [0.717, 1.165) is 5.56 Å². The molecule has 0 radical (unpaired) electrons. The SMILES string of the molecule is CCNC(C(=O)O)c1cc(C)ccc1F. The van der Waals surface area contributed by atoms with Gasteiger partial charge in [0, 0.05) is 5.56 Å². The molecule has 3 nitrogen and oxygen atoms in total. The Hall–Kier alpha value is -1.42. The third-order valence-electron chi connectivity index (χ3n) is 2.12. The van der Waals surface area contributed by atoms with Crippen LogP contribution in [0.1, 0.15) is 24.1 Å². The minimum atomic E-state index is -1.07. The van der Waals surface area contributed by atoms with Crippen molar-refractivity contribution in [2.75, 3.05) is 6.54 Å². The van der Waals surface area contributed by atoms with E-state index in [1.807, 2.05) is 0 Å². The molecular formula is C11H14FNO2. The van der Waals surface area contributed by atoms with Gasteiger partial charge >= 0.3 is 5.97 Å². The molecule has 0 amide bonds. The molecule has 0 aromatic heterocycles. The van der Waals surface area contributed by atoms with Crippen LogP contribution < -0.4 is 5.32 Å². The molecule has 1 unspecified atom stereocenters. The van der Waals surface area contributed by atoms with E-state index >= 15 is 0 Å². The minimum absolute atomic E-state index is 0.185. The second kappa shape index (κ2) is 4.89. The summed E-state index contributed by atoms with van der Waals surface area (Å²) in [7, 11) is 0. The lowest BCUT2D eigenvalue weighted by atomic mass is 10.0. The van der Waals surface area contributed by atoms with Gasteiger partial charge in [0.25, 0.3) is 0 Å². The maximum Gasteiger partial charge on any atom is 0.325 e. The summed E-state index contributed by atoms with van der Waals surface area (Å²) in [6, 6.07) is 3.48. The van der Waals surface area contributed by atoms with Gasteiger partial charge < -0.3 is 10.4 Å². The Kier molecular flexibility index (Phi) is 3.80. The van der Waals surface area contributed by atoms with Crippen molar-refractivity contribution in [3.05, 3.63) is 35.1 Å². The van der Waals surface area contributed by atoms with Crippen molar-refractivity contribution in [3.63, 3.8) is 0 Å². The first-order valence-corrected chi connectivity index (χ1v) is 4.78. The molecule has 1 aromatic rings. The number of aryl methyl sites for hydroxylation is 1. The summed E-state index contributed by atoms with van der Waals surface area (Å²) in [6.45, 7) is 4.06. The summed E-state index contributed by atoms with van der Waals surface area (Å²) >= 11 is 0. The van der Waals surface area contributed by atoms with Gasteiger partial charge in [0.2, 0.25) is 0 Å². The number of nitrogens with one attached hydrogen (secondary N) is 1. The van der Waals surface area contributed by atoms with Crippen LogP contribution >= 0.6 is 0 Å². The molecule has 0 spiro atoms. The highest BCUT2D eigenvalue weighted by molar-refractivity contribution is 5.75. The zero-order valence-electron chi connectivity index (χ0n) is 8.75. The van der Waals surface area contributed by atoms with Crippen molar-refractivity contribution in [2.24, 2.45) is 0 Å². The van der Waals surface area contributed by atoms with Crippen LogP contribution in [-0.4, -0.2) is 17.6 Å². The average molecular weight is 211 g/mol. The van der Waals surface area contributed by atoms with E-state index in [9.17, 15) is 9.18 Å². The van der Waals surface area contributed by atoms with Crippen LogP contribution in [0.25, 0.3) is 0 Å². The Bertz CT molecular complexity index is 366. The molecule has 0 bridgehead atoms. The minimum Gasteiger partial charge on any atom is -0.480 e. The fraction of sp³-hybridized carbons (Fsp3) is 0.364. The number of hydrogen-bond acceptors (Lipinski definition) is 2. The molecule has 1 rings (SSSR count). The van der Waals surface area contributed by atoms with E-state index in [0.29, 0.717) is 6.54 Å². The predicted octanol–water partition coefficient (Wildman–Crippen LogP) is 1.87. The zero-order valence-corrected chi connectivity index (χ0v) is 8.75. The fourth-order valence-corrected chi connectivity index (χ4v) is 1.42. The topological polar surface area (TPSA) is 49.3 Å². The molecule has 82 valence electrons. The molecule has 0 saturated heterocycles. The van der Waals surface area contributed by atoms with Crippen LogP contribution in [0.4, 0.5) is 4.39 Å². The largest absolute Gasteiger partial charge is 0.480 e. The maximum atomic E-state index is 13.4. The molecule has 0 aliphatic rings. The Labute approximate surface area is 87.9 Å². The molecule has 0 saturated carbocycles. The lowest BCUT2D eigenvalue weighted by molar-refractivity contribution is -0.139. The molecule has 0 heterocycles. The van der Waals surface area contributed by atoms with Crippen molar-refractivity contribution in [1.82, 2.24) is 5.32 Å². The van der Waals surface area contributed by atoms with E-state index in [1.54, 1.807) is 26.0 Å². The molecule has 0 fully saturated rings. The average Bonchev–Trinajstić information content (AvgIpc) is 2.18. The van der Waals surface area contributed by atoms with E-state index in [-0.39, 0.29) is 5.56 Å². The molecule has 0 aliphatic carbocycles. The number of hydrogen-bond donors (Lipinski definition) is 2. The Morgan fingerprint density at radius 1 is 1.60 bits per heavy atom. The van der Waals surface area contributed by atoms with Gasteiger partial charge in [0.05, 0.1) is 0 Å². The highest BCUT2D eigenvalue weighted by Crippen LogP contribution is 2.18. The molecule has 0 aliphatic heterocycles. The fourth-order valence-electron chi connectivity index (χ4n) is 1.42. The third kappa shape index (κ3) is 2.76. The summed E-state index contributed by atoms with van der Waals surface area (Å²) in [5.41, 5.74) is 1.03. The van der Waals surface area contributed by atoms with Gasteiger partial charge in [-0.1, -0.05) is 24.6 Å². The van der Waals surface area contributed by atoms with Gasteiger partial charge in [-0.2, -0.15) is 0 Å². The summed E-state index contributed by atoms with van der Waals surface area (Å²) in [6.07, 6.45) is 0. The van der Waals surface area contributed by atoms with E-state index in [2.05, 4.69) is 5.32 Å². The number of benzene rings is 1. The van der Waals surface area contributed by atoms with Crippen molar-refractivity contribution in [3.8, 4) is 0 Å². The first-order chi connectivity index (χ1) is 7.06. The smallest absolute Gasteiger partial charge is 0.325 e. The molecule has 2 N–H and O–H groups in total. The van der Waals surface area contributed by atoms with Crippen LogP contribution in [0.5, 0.6) is 0 Å². The van der Waals surface area contributed by atoms with Gasteiger partial charge in [-0.05, 0) is 19.5 Å². The van der Waals surface area contributed by atoms with Crippen molar-refractivity contribution in [1.29, 1.82) is 0 Å². The lowest BCUT2D eigenvalue weighted by Gasteiger charge is -2.14. The van der Waals surface area contributed by atoms with Crippen molar-refractivity contribution < 1.29 is 14.3 Å². The molecule has 15 heavy (non-hydrogen) atoms. The highest BCUT2D eigenvalue weighted by Gasteiger charge is 2.21. The highest BCUT2D eigenvalue weighted by atomic mass is 19.1. The molecule has 1 atom stereocenters. The molecular weight excluding hydrogens is 197 g/mol. The van der Waals surface area contributed by atoms with Gasteiger partial charge in [-0.25, -0.2) is 4.39 Å². The van der Waals surface area contributed by atoms with Crippen LogP contribution in [0, 0.1) is 12.7 Å². The van der Waals surface area contributed by atoms with Gasteiger partial charge in [0.1, 0.15) is 11.9 Å². The second-order valence-electron chi connectivity index (χ2n) is 3.35. The predicted molar refractivity (Wildman–Crippen MR) is 55.2 cm³/mol. The van der Waals surface area contributed by atoms with Gasteiger partial charge in [-0.3, -0.25) is 4.79 Å². The van der Waals surface area contributed by atoms with E-state index < -0.39 is 17.8 Å². The van der Waals surface area contributed by atoms with Crippen LogP contribution in [0.15, 0.2) is 18.2 Å². The van der Waals surface area contributed by atoms with Crippen LogP contribution in [-0.2, 0) is 4.79 Å². The number of carboxylic acid groups (broad SMARTS) is 1. The summed E-state index contributed by atoms with van der Waals surface area (Å²) in [5.74, 6) is -1.56. The Morgan fingerprint density at radius 2 is 2.27 bits per heavy atom. The number of carbonyl (C=O) groups is 1. The number of carboxylic acids is 1. The van der Waals surface area contributed by atoms with E-state index in [1.165, 1.54) is 6.07 Å². The summed E-state index contributed by atoms with van der Waals surface area (Å²) < 4.78 is 13.4. The standard InChI is InChI=1S/C11H14FNO2/c1-3-13-10(11(14)15)8-6-7(2)4-5-9(8)12/h4-6,10,13H,3H2,1-2H3,(H,14,15). The first-order valence-electron chi connectivity index (χ1n) is 4.78. The normalized spacial score (nSPS) is 12.5. The third-order valence-corrected chi connectivity index (χ3v) is 2.12. The molecule has 1 aromatic carbocycles. The second-order valence-corrected chi connectivity index (χ2v) is 3.35. The Balaban J connectivity index is 3.09. The first kappa shape index (κ1) is 11.7. The quantitative estimate of drug-likeness (QED) is 0.799. The number of likely N-dealkylation sites (N-methyl/N-ethyl adjacent to an activating group) is 1. The lowest BCUT2D eigenvalue weighted by Crippen LogP contribution is -2.29. The summed E-state index contributed by atoms with van der Waals surface area (Å²) in [5, 5.41) is 11.7. The zero-order chi connectivity index (χ0) is 11.4. The maximum absolute atomic E-state index is 13.4. The Morgan fingerprint density at radius 3 is 2.80 bits per heavy atom. The van der Waals surface area contributed by atoms with Crippen molar-refractivity contribution >= 4 is 5.97 Å². The van der Waals surface area contributed by atoms with Crippen LogP contribution in [0.2, 0.25) is 0 Å². The van der Waals surface area contributed by atoms with E-state index in [4.69, 9.17) is 5.11 Å². The van der Waals surface area contributed by atoms with Crippen molar-refractivity contribution in [2.45, 2.75) is 19.9 Å². The van der Waals surface area contributed by atoms with Gasteiger partial charge in [-0.15, -0.1) is 0 Å². The summed E-state index contributed by atoms with van der Waals surface area (Å²) in [4.78, 5) is 10.9. The number of rotatable bonds is 4. The van der Waals surface area contributed by atoms with Crippen LogP contribution in [0.3, 0.4) is 0 Å². The monoisotopic (exact) mass is 211 g/mol.